The van der Waals surface area contributed by atoms with Crippen molar-refractivity contribution in [3.8, 4) is 0 Å². The van der Waals surface area contributed by atoms with Gasteiger partial charge in [0.1, 0.15) is 11.8 Å². The second-order valence-electron chi connectivity index (χ2n) is 4.96. The quantitative estimate of drug-likeness (QED) is 0.490. The molecule has 0 fully saturated rings. The molecular weight excluding hydrogens is 336 g/mol. The Bertz CT molecular complexity index is 808. The number of Topliss-reactive ketones (excluding diaryl/α,β-unsaturated/α-hetero) is 1. The molecule has 0 saturated heterocycles. The zero-order valence-electron chi connectivity index (χ0n) is 12.5. The lowest BCUT2D eigenvalue weighted by Crippen LogP contribution is -2.14. The maximum atomic E-state index is 12.4. The molecule has 0 spiro atoms. The van der Waals surface area contributed by atoms with E-state index in [-0.39, 0.29) is 16.3 Å². The molecule has 2 aromatic carbocycles. The lowest BCUT2D eigenvalue weighted by molar-refractivity contribution is -0.384. The highest BCUT2D eigenvalue weighted by Gasteiger charge is 2.26. The fourth-order valence-electron chi connectivity index (χ4n) is 2.13. The molecule has 0 aliphatic rings. The summed E-state index contributed by atoms with van der Waals surface area (Å²) < 4.78 is 0. The standard InChI is InChI=1S/C16H13ClN2O5/c1-9(20)18-13-8-12(17)11(7-14(13)19(23)24)16(22)15(21)10-5-3-2-4-6-10/h2-8,15,21H,1H3,(H,18,20). The molecule has 8 heteroatoms. The largest absolute Gasteiger partial charge is 0.380 e. The van der Waals surface area contributed by atoms with E-state index in [1.807, 2.05) is 0 Å². The van der Waals surface area contributed by atoms with Crippen LogP contribution in [-0.2, 0) is 4.79 Å². The molecule has 2 rings (SSSR count). The number of benzene rings is 2. The number of hydrogen-bond donors (Lipinski definition) is 2. The van der Waals surface area contributed by atoms with Gasteiger partial charge in [-0.1, -0.05) is 41.9 Å². The van der Waals surface area contributed by atoms with Crippen molar-refractivity contribution >= 4 is 34.7 Å². The minimum atomic E-state index is -1.50. The molecule has 0 radical (unpaired) electrons. The minimum absolute atomic E-state index is 0.107. The smallest absolute Gasteiger partial charge is 0.293 e. The Morgan fingerprint density at radius 2 is 1.88 bits per heavy atom. The highest BCUT2D eigenvalue weighted by Crippen LogP contribution is 2.33. The van der Waals surface area contributed by atoms with Gasteiger partial charge in [0.2, 0.25) is 5.91 Å². The number of amides is 1. The molecule has 0 bridgehead atoms. The monoisotopic (exact) mass is 348 g/mol. The first-order valence-corrected chi connectivity index (χ1v) is 7.21. The van der Waals surface area contributed by atoms with Crippen LogP contribution in [0.5, 0.6) is 0 Å². The average molecular weight is 349 g/mol. The summed E-state index contributed by atoms with van der Waals surface area (Å²) in [6.07, 6.45) is -1.50. The number of ketones is 1. The molecule has 24 heavy (non-hydrogen) atoms. The van der Waals surface area contributed by atoms with E-state index in [4.69, 9.17) is 11.6 Å². The number of carbonyl (C=O) groups excluding carboxylic acids is 2. The number of nitro benzene ring substituents is 1. The van der Waals surface area contributed by atoms with Crippen LogP contribution < -0.4 is 5.32 Å². The van der Waals surface area contributed by atoms with Crippen molar-refractivity contribution in [3.05, 3.63) is 68.7 Å². The van der Waals surface area contributed by atoms with Crippen molar-refractivity contribution in [3.63, 3.8) is 0 Å². The molecule has 0 aliphatic heterocycles. The molecule has 1 unspecified atom stereocenters. The third-order valence-corrected chi connectivity index (χ3v) is 3.53. The fraction of sp³-hybridized carbons (Fsp3) is 0.125. The van der Waals surface area contributed by atoms with Crippen LogP contribution in [0.1, 0.15) is 28.9 Å². The molecule has 1 atom stereocenters. The molecule has 124 valence electrons. The Kier molecular flexibility index (Phi) is 5.28. The Hall–Kier alpha value is -2.77. The summed E-state index contributed by atoms with van der Waals surface area (Å²) in [4.78, 5) is 34.0. The van der Waals surface area contributed by atoms with E-state index < -0.39 is 28.4 Å². The van der Waals surface area contributed by atoms with Crippen molar-refractivity contribution in [1.82, 2.24) is 0 Å². The van der Waals surface area contributed by atoms with E-state index in [0.717, 1.165) is 12.1 Å². The van der Waals surface area contributed by atoms with Crippen LogP contribution in [0.25, 0.3) is 0 Å². The van der Waals surface area contributed by atoms with Crippen LogP contribution in [0.15, 0.2) is 42.5 Å². The number of nitrogens with zero attached hydrogens (tertiary/aromatic N) is 1. The first-order valence-electron chi connectivity index (χ1n) is 6.84. The van der Waals surface area contributed by atoms with Crippen molar-refractivity contribution < 1.29 is 19.6 Å². The fourth-order valence-corrected chi connectivity index (χ4v) is 2.38. The first kappa shape index (κ1) is 17.6. The summed E-state index contributed by atoms with van der Waals surface area (Å²) in [5.41, 5.74) is -0.470. The minimum Gasteiger partial charge on any atom is -0.380 e. The Labute approximate surface area is 142 Å². The van der Waals surface area contributed by atoms with Crippen LogP contribution in [0.3, 0.4) is 0 Å². The highest BCUT2D eigenvalue weighted by molar-refractivity contribution is 6.34. The van der Waals surface area contributed by atoms with Gasteiger partial charge in [0.15, 0.2) is 5.78 Å². The Balaban J connectivity index is 2.46. The number of aliphatic hydroxyl groups is 1. The van der Waals surface area contributed by atoms with Gasteiger partial charge in [0.05, 0.1) is 9.95 Å². The van der Waals surface area contributed by atoms with Gasteiger partial charge in [-0.25, -0.2) is 0 Å². The maximum Gasteiger partial charge on any atom is 0.293 e. The van der Waals surface area contributed by atoms with E-state index in [1.54, 1.807) is 30.3 Å². The maximum absolute atomic E-state index is 12.4. The molecular formula is C16H13ClN2O5. The highest BCUT2D eigenvalue weighted by atomic mass is 35.5. The average Bonchev–Trinajstić information content (AvgIpc) is 2.53. The van der Waals surface area contributed by atoms with Crippen LogP contribution in [0.4, 0.5) is 11.4 Å². The number of anilines is 1. The van der Waals surface area contributed by atoms with Gasteiger partial charge in [-0.2, -0.15) is 0 Å². The second kappa shape index (κ2) is 7.20. The van der Waals surface area contributed by atoms with Crippen LogP contribution in [-0.4, -0.2) is 21.7 Å². The molecule has 2 aromatic rings. The van der Waals surface area contributed by atoms with Gasteiger partial charge >= 0.3 is 0 Å². The molecule has 0 aromatic heterocycles. The van der Waals surface area contributed by atoms with Crippen LogP contribution in [0.2, 0.25) is 5.02 Å². The summed E-state index contributed by atoms with van der Waals surface area (Å²) in [6.45, 7) is 1.19. The van der Waals surface area contributed by atoms with Crippen molar-refractivity contribution in [2.24, 2.45) is 0 Å². The number of carbonyl (C=O) groups is 2. The summed E-state index contributed by atoms with van der Waals surface area (Å²) in [6, 6.07) is 10.2. The third kappa shape index (κ3) is 3.76. The van der Waals surface area contributed by atoms with E-state index in [0.29, 0.717) is 5.56 Å². The molecule has 7 nitrogen and oxygen atoms in total. The lowest BCUT2D eigenvalue weighted by atomic mass is 9.99. The predicted octanol–water partition coefficient (Wildman–Crippen LogP) is 3.12. The van der Waals surface area contributed by atoms with E-state index in [1.165, 1.54) is 6.92 Å². The summed E-state index contributed by atoms with van der Waals surface area (Å²) in [7, 11) is 0. The van der Waals surface area contributed by atoms with Crippen molar-refractivity contribution in [2.75, 3.05) is 5.32 Å². The van der Waals surface area contributed by atoms with Crippen molar-refractivity contribution in [2.45, 2.75) is 13.0 Å². The molecule has 2 N–H and O–H groups in total. The first-order chi connectivity index (χ1) is 11.3. The van der Waals surface area contributed by atoms with Crippen molar-refractivity contribution in [1.29, 1.82) is 0 Å². The predicted molar refractivity (Wildman–Crippen MR) is 88.1 cm³/mol. The van der Waals surface area contributed by atoms with Gasteiger partial charge in [0.25, 0.3) is 5.69 Å². The van der Waals surface area contributed by atoms with Gasteiger partial charge in [-0.15, -0.1) is 0 Å². The molecule has 0 aliphatic carbocycles. The topological polar surface area (TPSA) is 110 Å². The normalized spacial score (nSPS) is 11.6. The van der Waals surface area contributed by atoms with Crippen LogP contribution in [0, 0.1) is 10.1 Å². The zero-order valence-corrected chi connectivity index (χ0v) is 13.3. The third-order valence-electron chi connectivity index (χ3n) is 3.22. The van der Waals surface area contributed by atoms with E-state index in [2.05, 4.69) is 5.32 Å². The number of hydrogen-bond acceptors (Lipinski definition) is 5. The Morgan fingerprint density at radius 3 is 2.42 bits per heavy atom. The number of halogens is 1. The Morgan fingerprint density at radius 1 is 1.25 bits per heavy atom. The van der Waals surface area contributed by atoms with Gasteiger partial charge < -0.3 is 10.4 Å². The van der Waals surface area contributed by atoms with Gasteiger partial charge in [-0.3, -0.25) is 19.7 Å². The lowest BCUT2D eigenvalue weighted by Gasteiger charge is -2.12. The molecule has 1 amide bonds. The molecule has 0 saturated carbocycles. The van der Waals surface area contributed by atoms with Gasteiger partial charge in [0, 0.05) is 18.6 Å². The number of rotatable bonds is 5. The second-order valence-corrected chi connectivity index (χ2v) is 5.37. The van der Waals surface area contributed by atoms with E-state index in [9.17, 15) is 24.8 Å². The SMILES string of the molecule is CC(=O)Nc1cc(Cl)c(C(=O)C(O)c2ccccc2)cc1[N+](=O)[O-]. The summed E-state index contributed by atoms with van der Waals surface area (Å²) in [5.74, 6) is -1.29. The van der Waals surface area contributed by atoms with E-state index >= 15 is 0 Å². The molecule has 0 heterocycles. The van der Waals surface area contributed by atoms with Gasteiger partial charge in [-0.05, 0) is 11.6 Å². The zero-order chi connectivity index (χ0) is 17.9. The number of aliphatic hydroxyl groups excluding tert-OH is 1. The van der Waals surface area contributed by atoms with Crippen LogP contribution >= 0.6 is 11.6 Å². The number of nitro groups is 1. The summed E-state index contributed by atoms with van der Waals surface area (Å²) >= 11 is 6.01. The summed E-state index contributed by atoms with van der Waals surface area (Å²) in [5, 5.41) is 23.5. The number of nitrogens with one attached hydrogen (secondary N) is 1.